The number of hydrogen-bond donors (Lipinski definition) is 1. The Hall–Kier alpha value is -4.58. The van der Waals surface area contributed by atoms with Crippen LogP contribution >= 0.6 is 11.8 Å². The van der Waals surface area contributed by atoms with Gasteiger partial charge in [-0.25, -0.2) is 5.43 Å². The molecule has 11 nitrogen and oxygen atoms in total. The van der Waals surface area contributed by atoms with Crippen LogP contribution in [-0.4, -0.2) is 65.6 Å². The summed E-state index contributed by atoms with van der Waals surface area (Å²) < 4.78 is 23.6. The number of carbonyl (C=O) groups excluding carboxylic acids is 1. The van der Waals surface area contributed by atoms with Gasteiger partial charge in [-0.2, -0.15) is 5.10 Å². The second kappa shape index (κ2) is 13.3. The molecule has 2 aromatic carbocycles. The van der Waals surface area contributed by atoms with Crippen LogP contribution in [0.5, 0.6) is 23.0 Å². The molecule has 0 aliphatic heterocycles. The van der Waals surface area contributed by atoms with Gasteiger partial charge in [0.25, 0.3) is 5.91 Å². The van der Waals surface area contributed by atoms with E-state index in [1.807, 2.05) is 47.9 Å². The second-order valence-electron chi connectivity index (χ2n) is 7.82. The normalized spacial score (nSPS) is 10.9. The van der Waals surface area contributed by atoms with E-state index in [4.69, 9.17) is 18.9 Å². The number of hydrogen-bond acceptors (Lipinski definition) is 10. The maximum absolute atomic E-state index is 12.6. The number of rotatable bonds is 12. The van der Waals surface area contributed by atoms with Gasteiger partial charge >= 0.3 is 0 Å². The minimum atomic E-state index is -0.320. The fourth-order valence-corrected chi connectivity index (χ4v) is 4.44. The quantitative estimate of drug-likeness (QED) is 0.159. The first-order valence-corrected chi connectivity index (χ1v) is 12.9. The van der Waals surface area contributed by atoms with Gasteiger partial charge in [0.05, 0.1) is 39.9 Å². The van der Waals surface area contributed by atoms with E-state index < -0.39 is 0 Å². The maximum Gasteiger partial charge on any atom is 0.250 e. The summed E-state index contributed by atoms with van der Waals surface area (Å²) in [6, 6.07) is 14.8. The number of hydrazone groups is 1. The van der Waals surface area contributed by atoms with Gasteiger partial charge in [0, 0.05) is 29.2 Å². The van der Waals surface area contributed by atoms with Crippen molar-refractivity contribution in [1.82, 2.24) is 25.2 Å². The Bertz CT molecular complexity index is 1430. The molecule has 1 amide bonds. The van der Waals surface area contributed by atoms with Crippen LogP contribution in [-0.2, 0) is 4.79 Å². The molecule has 0 bridgehead atoms. The maximum atomic E-state index is 12.6. The van der Waals surface area contributed by atoms with Crippen LogP contribution in [0.4, 0.5) is 0 Å². The number of pyridine rings is 1. The van der Waals surface area contributed by atoms with Crippen molar-refractivity contribution in [3.63, 3.8) is 0 Å². The van der Waals surface area contributed by atoms with Crippen molar-refractivity contribution in [2.24, 2.45) is 5.10 Å². The number of aromatic nitrogens is 4. The van der Waals surface area contributed by atoms with Crippen LogP contribution in [0.2, 0.25) is 0 Å². The van der Waals surface area contributed by atoms with Crippen LogP contribution in [0.15, 0.2) is 71.2 Å². The Morgan fingerprint density at radius 2 is 1.82 bits per heavy atom. The number of methoxy groups -OCH3 is 3. The van der Waals surface area contributed by atoms with E-state index in [0.717, 1.165) is 17.0 Å². The third kappa shape index (κ3) is 6.47. The highest BCUT2D eigenvalue weighted by atomic mass is 32.2. The molecule has 2 aromatic heterocycles. The topological polar surface area (TPSA) is 122 Å². The Balaban J connectivity index is 1.50. The monoisotopic (exact) mass is 548 g/mol. The Kier molecular flexibility index (Phi) is 9.35. The fourth-order valence-electron chi connectivity index (χ4n) is 3.70. The molecular weight excluding hydrogens is 520 g/mol. The minimum absolute atomic E-state index is 0.0581. The van der Waals surface area contributed by atoms with Gasteiger partial charge in [-0.15, -0.1) is 10.2 Å². The van der Waals surface area contributed by atoms with Crippen molar-refractivity contribution >= 4 is 23.9 Å². The van der Waals surface area contributed by atoms with Crippen molar-refractivity contribution in [2.45, 2.75) is 12.1 Å². The molecule has 0 radical (unpaired) electrons. The van der Waals surface area contributed by atoms with Gasteiger partial charge < -0.3 is 18.9 Å². The number of nitrogens with one attached hydrogen (secondary N) is 1. The summed E-state index contributed by atoms with van der Waals surface area (Å²) in [6.45, 7) is 2.51. The molecule has 4 rings (SSSR count). The average Bonchev–Trinajstić information content (AvgIpc) is 3.40. The molecule has 0 saturated carbocycles. The SMILES string of the molecule is CCOc1ccc(-n2c(SCC(=O)N/N=C\c3ccc(OC)c(OC)c3OC)nnc2-c2cccnc2)cc1. The summed E-state index contributed by atoms with van der Waals surface area (Å²) in [5.74, 6) is 2.50. The van der Waals surface area contributed by atoms with Gasteiger partial charge in [-0.3, -0.25) is 14.3 Å². The van der Waals surface area contributed by atoms with Crippen LogP contribution < -0.4 is 24.4 Å². The number of thioether (sulfide) groups is 1. The predicted molar refractivity (Wildman–Crippen MR) is 148 cm³/mol. The predicted octanol–water partition coefficient (Wildman–Crippen LogP) is 4.00. The van der Waals surface area contributed by atoms with Crippen molar-refractivity contribution in [1.29, 1.82) is 0 Å². The van der Waals surface area contributed by atoms with Crippen LogP contribution in [0.1, 0.15) is 12.5 Å². The summed E-state index contributed by atoms with van der Waals surface area (Å²) in [7, 11) is 4.58. The number of amides is 1. The zero-order valence-corrected chi connectivity index (χ0v) is 22.8. The van der Waals surface area contributed by atoms with Gasteiger partial charge in [0.15, 0.2) is 22.5 Å². The molecule has 1 N–H and O–H groups in total. The zero-order chi connectivity index (χ0) is 27.6. The standard InChI is InChI=1S/C27H28N6O5S/c1-5-38-21-11-9-20(10-12-21)33-26(19-7-6-14-28-15-19)31-32-27(33)39-17-23(34)30-29-16-18-8-13-22(35-2)25(37-4)24(18)36-3/h6-16H,5,17H2,1-4H3,(H,30,34)/b29-16-. The molecule has 0 fully saturated rings. The van der Waals surface area contributed by atoms with Crippen molar-refractivity contribution in [2.75, 3.05) is 33.7 Å². The molecule has 39 heavy (non-hydrogen) atoms. The summed E-state index contributed by atoms with van der Waals surface area (Å²) in [4.78, 5) is 16.8. The first-order chi connectivity index (χ1) is 19.1. The fraction of sp³-hybridized carbons (Fsp3) is 0.222. The first-order valence-electron chi connectivity index (χ1n) is 11.9. The van der Waals surface area contributed by atoms with E-state index >= 15 is 0 Å². The highest BCUT2D eigenvalue weighted by Crippen LogP contribution is 2.39. The highest BCUT2D eigenvalue weighted by Gasteiger charge is 2.18. The lowest BCUT2D eigenvalue weighted by atomic mass is 10.2. The lowest BCUT2D eigenvalue weighted by Gasteiger charge is -2.13. The third-order valence-corrected chi connectivity index (χ3v) is 6.35. The summed E-state index contributed by atoms with van der Waals surface area (Å²) >= 11 is 1.24. The van der Waals surface area contributed by atoms with Crippen LogP contribution in [0, 0.1) is 0 Å². The molecule has 0 aliphatic carbocycles. The Morgan fingerprint density at radius 1 is 1.03 bits per heavy atom. The van der Waals surface area contributed by atoms with E-state index in [9.17, 15) is 4.79 Å². The first kappa shape index (κ1) is 27.5. The van der Waals surface area contributed by atoms with E-state index in [2.05, 4.69) is 25.7 Å². The largest absolute Gasteiger partial charge is 0.494 e. The molecular formula is C27H28N6O5S. The molecule has 0 aliphatic rings. The number of nitrogens with zero attached hydrogens (tertiary/aromatic N) is 5. The van der Waals surface area contributed by atoms with Gasteiger partial charge in [0.2, 0.25) is 5.75 Å². The average molecular weight is 549 g/mol. The smallest absolute Gasteiger partial charge is 0.250 e. The van der Waals surface area contributed by atoms with E-state index in [1.54, 1.807) is 31.6 Å². The van der Waals surface area contributed by atoms with E-state index in [1.165, 1.54) is 32.2 Å². The highest BCUT2D eigenvalue weighted by molar-refractivity contribution is 7.99. The lowest BCUT2D eigenvalue weighted by molar-refractivity contribution is -0.118. The molecule has 0 spiro atoms. The minimum Gasteiger partial charge on any atom is -0.494 e. The molecule has 0 atom stereocenters. The summed E-state index contributed by atoms with van der Waals surface area (Å²) in [6.07, 6.45) is 4.89. The number of ether oxygens (including phenoxy) is 4. The third-order valence-electron chi connectivity index (χ3n) is 5.42. The Morgan fingerprint density at radius 3 is 2.49 bits per heavy atom. The summed E-state index contributed by atoms with van der Waals surface area (Å²) in [5.41, 5.74) is 4.76. The second-order valence-corrected chi connectivity index (χ2v) is 8.76. The molecule has 4 aromatic rings. The molecule has 0 unspecified atom stereocenters. The van der Waals surface area contributed by atoms with E-state index in [0.29, 0.717) is 40.4 Å². The van der Waals surface area contributed by atoms with Crippen LogP contribution in [0.25, 0.3) is 17.1 Å². The summed E-state index contributed by atoms with van der Waals surface area (Å²) in [5, 5.41) is 13.3. The van der Waals surface area contributed by atoms with Gasteiger partial charge in [0.1, 0.15) is 5.75 Å². The molecule has 12 heteroatoms. The Labute approximate surface area is 230 Å². The van der Waals surface area contributed by atoms with Gasteiger partial charge in [-0.05, 0) is 55.5 Å². The molecule has 202 valence electrons. The molecule has 2 heterocycles. The number of benzene rings is 2. The van der Waals surface area contributed by atoms with E-state index in [-0.39, 0.29) is 11.7 Å². The zero-order valence-electron chi connectivity index (χ0n) is 22.0. The van der Waals surface area contributed by atoms with Crippen molar-refractivity contribution < 1.29 is 23.7 Å². The van der Waals surface area contributed by atoms with Crippen molar-refractivity contribution in [3.8, 4) is 40.1 Å². The van der Waals surface area contributed by atoms with Crippen molar-refractivity contribution in [3.05, 3.63) is 66.5 Å². The van der Waals surface area contributed by atoms with Crippen LogP contribution in [0.3, 0.4) is 0 Å². The lowest BCUT2D eigenvalue weighted by Crippen LogP contribution is -2.20. The molecule has 0 saturated heterocycles. The van der Waals surface area contributed by atoms with Gasteiger partial charge in [-0.1, -0.05) is 11.8 Å². The number of carbonyl (C=O) groups is 1.